The van der Waals surface area contributed by atoms with Gasteiger partial charge in [0.15, 0.2) is 5.96 Å². The normalized spacial score (nSPS) is 24.6. The van der Waals surface area contributed by atoms with Crippen LogP contribution in [0.1, 0.15) is 64.2 Å². The summed E-state index contributed by atoms with van der Waals surface area (Å²) >= 11 is 0. The number of ether oxygens (including phenoxy) is 2. The lowest BCUT2D eigenvalue weighted by Gasteiger charge is -2.37. The van der Waals surface area contributed by atoms with E-state index in [-0.39, 0.29) is 12.0 Å². The standard InChI is InChI=1S/C22H40N4O3/c1-23-22(24-12-6-7-17-28-19-9-4-2-3-5-10-19)26-15-13-25(14-16-26)21(27)20-11-8-18-29-20/h19-20H,2-18H2,1H3,(H,23,24). The van der Waals surface area contributed by atoms with Crippen LogP contribution >= 0.6 is 0 Å². The Hall–Kier alpha value is -1.34. The quantitative estimate of drug-likeness (QED) is 0.303. The molecule has 1 aliphatic carbocycles. The van der Waals surface area contributed by atoms with Crippen LogP contribution in [0.2, 0.25) is 0 Å². The van der Waals surface area contributed by atoms with E-state index in [1.54, 1.807) is 0 Å². The highest BCUT2D eigenvalue weighted by Gasteiger charge is 2.30. The Bertz CT molecular complexity index is 506. The maximum atomic E-state index is 12.5. The van der Waals surface area contributed by atoms with E-state index in [0.717, 1.165) is 77.6 Å². The van der Waals surface area contributed by atoms with Crippen molar-refractivity contribution in [1.29, 1.82) is 0 Å². The van der Waals surface area contributed by atoms with Crippen molar-refractivity contribution >= 4 is 11.9 Å². The summed E-state index contributed by atoms with van der Waals surface area (Å²) in [5.74, 6) is 1.11. The summed E-state index contributed by atoms with van der Waals surface area (Å²) in [6.45, 7) is 5.64. The molecular formula is C22H40N4O3. The molecule has 1 N–H and O–H groups in total. The molecule has 1 unspecified atom stereocenters. The van der Waals surface area contributed by atoms with Crippen molar-refractivity contribution in [3.63, 3.8) is 0 Å². The van der Waals surface area contributed by atoms with Crippen LogP contribution in [0.25, 0.3) is 0 Å². The third kappa shape index (κ3) is 7.14. The van der Waals surface area contributed by atoms with Gasteiger partial charge in [-0.05, 0) is 38.5 Å². The molecule has 0 spiro atoms. The SMILES string of the molecule is CN=C(NCCCCOC1CCCCCC1)N1CCN(C(=O)C2CCCO2)CC1. The number of nitrogens with one attached hydrogen (secondary N) is 1. The van der Waals surface area contributed by atoms with Crippen LogP contribution in [-0.2, 0) is 14.3 Å². The largest absolute Gasteiger partial charge is 0.378 e. The molecule has 1 atom stereocenters. The van der Waals surface area contributed by atoms with E-state index in [2.05, 4.69) is 15.2 Å². The van der Waals surface area contributed by atoms with Crippen LogP contribution in [-0.4, -0.2) is 86.9 Å². The predicted molar refractivity (Wildman–Crippen MR) is 115 cm³/mol. The average Bonchev–Trinajstić information content (AvgIpc) is 3.17. The first-order valence-electron chi connectivity index (χ1n) is 11.8. The molecule has 0 aromatic carbocycles. The Morgan fingerprint density at radius 3 is 2.38 bits per heavy atom. The van der Waals surface area contributed by atoms with Crippen LogP contribution in [0.5, 0.6) is 0 Å². The van der Waals surface area contributed by atoms with Crippen LogP contribution in [0.4, 0.5) is 0 Å². The number of hydrogen-bond acceptors (Lipinski definition) is 4. The topological polar surface area (TPSA) is 66.4 Å². The van der Waals surface area contributed by atoms with Crippen LogP contribution < -0.4 is 5.32 Å². The molecule has 0 bridgehead atoms. The molecule has 2 heterocycles. The molecule has 0 aromatic rings. The van der Waals surface area contributed by atoms with E-state index in [1.807, 2.05) is 11.9 Å². The van der Waals surface area contributed by atoms with Crippen molar-refractivity contribution in [2.24, 2.45) is 4.99 Å². The van der Waals surface area contributed by atoms with Gasteiger partial charge in [-0.25, -0.2) is 0 Å². The zero-order valence-corrected chi connectivity index (χ0v) is 18.2. The highest BCUT2D eigenvalue weighted by molar-refractivity contribution is 5.82. The first kappa shape index (κ1) is 22.3. The van der Waals surface area contributed by atoms with Crippen molar-refractivity contribution < 1.29 is 14.3 Å². The summed E-state index contributed by atoms with van der Waals surface area (Å²) in [5, 5.41) is 3.48. The summed E-state index contributed by atoms with van der Waals surface area (Å²) in [6, 6.07) is 0. The predicted octanol–water partition coefficient (Wildman–Crippen LogP) is 2.40. The second-order valence-corrected chi connectivity index (χ2v) is 8.48. The van der Waals surface area contributed by atoms with E-state index >= 15 is 0 Å². The number of piperazine rings is 1. The molecule has 29 heavy (non-hydrogen) atoms. The second kappa shape index (κ2) is 12.4. The summed E-state index contributed by atoms with van der Waals surface area (Å²) in [5.41, 5.74) is 0. The van der Waals surface area contributed by atoms with Gasteiger partial charge in [-0.2, -0.15) is 0 Å². The first-order chi connectivity index (χ1) is 14.3. The number of nitrogens with zero attached hydrogens (tertiary/aromatic N) is 3. The molecule has 7 nitrogen and oxygen atoms in total. The van der Waals surface area contributed by atoms with E-state index in [9.17, 15) is 4.79 Å². The van der Waals surface area contributed by atoms with Gasteiger partial charge < -0.3 is 24.6 Å². The number of amides is 1. The van der Waals surface area contributed by atoms with Gasteiger partial charge in [0.05, 0.1) is 6.10 Å². The fourth-order valence-electron chi connectivity index (χ4n) is 4.53. The minimum absolute atomic E-state index is 0.166. The molecule has 3 rings (SSSR count). The molecule has 1 amide bonds. The Labute approximate surface area is 176 Å². The summed E-state index contributed by atoms with van der Waals surface area (Å²) in [7, 11) is 1.83. The van der Waals surface area contributed by atoms with Crippen LogP contribution in [0.15, 0.2) is 4.99 Å². The number of carbonyl (C=O) groups is 1. The number of aliphatic imine (C=N–C) groups is 1. The Kier molecular flexibility index (Phi) is 9.54. The van der Waals surface area contributed by atoms with E-state index in [0.29, 0.717) is 6.10 Å². The summed E-state index contributed by atoms with van der Waals surface area (Å²) in [6.07, 6.45) is 12.2. The zero-order chi connectivity index (χ0) is 20.3. The van der Waals surface area contributed by atoms with Gasteiger partial charge in [-0.15, -0.1) is 0 Å². The lowest BCUT2D eigenvalue weighted by Crippen LogP contribution is -2.55. The Balaban J connectivity index is 1.27. The maximum Gasteiger partial charge on any atom is 0.251 e. The van der Waals surface area contributed by atoms with Gasteiger partial charge in [0.25, 0.3) is 5.91 Å². The molecule has 2 aliphatic heterocycles. The number of carbonyl (C=O) groups excluding carboxylic acids is 1. The van der Waals surface area contributed by atoms with E-state index < -0.39 is 0 Å². The lowest BCUT2D eigenvalue weighted by molar-refractivity contribution is -0.142. The van der Waals surface area contributed by atoms with Crippen molar-refractivity contribution in [2.75, 3.05) is 53.0 Å². The van der Waals surface area contributed by atoms with Crippen molar-refractivity contribution in [1.82, 2.24) is 15.1 Å². The molecule has 166 valence electrons. The molecule has 7 heteroatoms. The Morgan fingerprint density at radius 2 is 1.72 bits per heavy atom. The van der Waals surface area contributed by atoms with Gasteiger partial charge in [0.2, 0.25) is 0 Å². The fourth-order valence-corrected chi connectivity index (χ4v) is 4.53. The van der Waals surface area contributed by atoms with Crippen molar-refractivity contribution in [3.05, 3.63) is 0 Å². The number of unbranched alkanes of at least 4 members (excludes halogenated alkanes) is 1. The number of hydrogen-bond donors (Lipinski definition) is 1. The van der Waals surface area contributed by atoms with Crippen LogP contribution in [0, 0.1) is 0 Å². The molecule has 0 radical (unpaired) electrons. The van der Waals surface area contributed by atoms with Gasteiger partial charge in [0, 0.05) is 53.0 Å². The summed E-state index contributed by atoms with van der Waals surface area (Å²) in [4.78, 5) is 21.1. The molecule has 3 fully saturated rings. The zero-order valence-electron chi connectivity index (χ0n) is 18.2. The first-order valence-corrected chi connectivity index (χ1v) is 11.8. The fraction of sp³-hybridized carbons (Fsp3) is 0.909. The van der Waals surface area contributed by atoms with E-state index in [1.165, 1.54) is 38.5 Å². The third-order valence-corrected chi connectivity index (χ3v) is 6.32. The van der Waals surface area contributed by atoms with Crippen LogP contribution in [0.3, 0.4) is 0 Å². The average molecular weight is 409 g/mol. The molecule has 1 saturated carbocycles. The number of guanidine groups is 1. The summed E-state index contributed by atoms with van der Waals surface area (Å²) < 4.78 is 11.6. The smallest absolute Gasteiger partial charge is 0.251 e. The minimum Gasteiger partial charge on any atom is -0.378 e. The highest BCUT2D eigenvalue weighted by atomic mass is 16.5. The van der Waals surface area contributed by atoms with Crippen molar-refractivity contribution in [2.45, 2.75) is 76.4 Å². The Morgan fingerprint density at radius 1 is 1.00 bits per heavy atom. The van der Waals surface area contributed by atoms with Gasteiger partial charge in [-0.3, -0.25) is 9.79 Å². The molecule has 2 saturated heterocycles. The minimum atomic E-state index is -0.209. The second-order valence-electron chi connectivity index (χ2n) is 8.48. The van der Waals surface area contributed by atoms with Gasteiger partial charge in [0.1, 0.15) is 6.10 Å². The highest BCUT2D eigenvalue weighted by Crippen LogP contribution is 2.20. The third-order valence-electron chi connectivity index (χ3n) is 6.32. The molecule has 0 aromatic heterocycles. The molecular weight excluding hydrogens is 368 g/mol. The van der Waals surface area contributed by atoms with Crippen molar-refractivity contribution in [3.8, 4) is 0 Å². The maximum absolute atomic E-state index is 12.5. The van der Waals surface area contributed by atoms with Gasteiger partial charge in [-0.1, -0.05) is 25.7 Å². The van der Waals surface area contributed by atoms with Gasteiger partial charge >= 0.3 is 0 Å². The van der Waals surface area contributed by atoms with E-state index in [4.69, 9.17) is 9.47 Å². The number of rotatable bonds is 7. The lowest BCUT2D eigenvalue weighted by atomic mass is 10.1. The molecule has 3 aliphatic rings. The monoisotopic (exact) mass is 408 g/mol.